The fourth-order valence-electron chi connectivity index (χ4n) is 5.94. The fourth-order valence-corrected chi connectivity index (χ4v) is 5.94. The van der Waals surface area contributed by atoms with E-state index in [1.807, 2.05) is 0 Å². The maximum atomic E-state index is 13.5. The molecule has 2 unspecified atom stereocenters. The Kier molecular flexibility index (Phi) is 5.09. The van der Waals surface area contributed by atoms with E-state index in [4.69, 9.17) is 11.5 Å². The zero-order chi connectivity index (χ0) is 25.6. The third kappa shape index (κ3) is 2.65. The van der Waals surface area contributed by atoms with E-state index in [2.05, 4.69) is 0 Å². The summed E-state index contributed by atoms with van der Waals surface area (Å²) in [6.07, 6.45) is -1.65. The van der Waals surface area contributed by atoms with Crippen molar-refractivity contribution in [3.8, 4) is 5.75 Å². The predicted molar refractivity (Wildman–Crippen MR) is 119 cm³/mol. The van der Waals surface area contributed by atoms with E-state index in [0.29, 0.717) is 5.56 Å². The number of ketones is 2. The third-order valence-electron chi connectivity index (χ3n) is 7.48. The molecule has 182 valence electrons. The number of carbonyl (C=O) groups is 3. The van der Waals surface area contributed by atoms with Crippen LogP contribution in [-0.4, -0.2) is 79.7 Å². The number of Topliss-reactive ketones (excluding diaryl/α,β-unsaturated/α-hetero) is 2. The number of anilines is 1. The molecule has 0 aromatic heterocycles. The summed E-state index contributed by atoms with van der Waals surface area (Å²) in [7, 11) is 2.95. The average molecular weight is 473 g/mol. The number of primary amides is 1. The van der Waals surface area contributed by atoms with Gasteiger partial charge in [0.2, 0.25) is 5.78 Å². The molecule has 4 rings (SSSR count). The van der Waals surface area contributed by atoms with Crippen molar-refractivity contribution in [3.63, 3.8) is 0 Å². The number of fused-ring (bicyclic) bond motifs is 3. The number of carbonyl (C=O) groups excluding carboxylic acids is 3. The van der Waals surface area contributed by atoms with Gasteiger partial charge in [-0.25, -0.2) is 0 Å². The van der Waals surface area contributed by atoms with Crippen molar-refractivity contribution in [1.82, 2.24) is 4.90 Å². The minimum absolute atomic E-state index is 0.205. The largest absolute Gasteiger partial charge is 0.510 e. The number of phenolic OH excluding ortho intramolecular Hbond substituents is 1. The van der Waals surface area contributed by atoms with E-state index >= 15 is 0 Å². The lowest BCUT2D eigenvalue weighted by atomic mass is 9.55. The summed E-state index contributed by atoms with van der Waals surface area (Å²) in [5.41, 5.74) is 7.96. The first kappa shape index (κ1) is 23.7. The van der Waals surface area contributed by atoms with Crippen LogP contribution in [0.2, 0.25) is 0 Å². The van der Waals surface area contributed by atoms with Gasteiger partial charge in [-0.3, -0.25) is 19.3 Å². The van der Waals surface area contributed by atoms with Crippen molar-refractivity contribution in [2.24, 2.45) is 17.6 Å². The monoisotopic (exact) mass is 473 g/mol. The number of aryl methyl sites for hydroxylation is 1. The predicted octanol–water partition coefficient (Wildman–Crippen LogP) is -0.457. The maximum Gasteiger partial charge on any atom is 0.255 e. The minimum atomic E-state index is -2.93. The molecule has 6 atom stereocenters. The van der Waals surface area contributed by atoms with E-state index in [9.17, 15) is 39.9 Å². The highest BCUT2D eigenvalue weighted by atomic mass is 16.4. The molecule has 34 heavy (non-hydrogen) atoms. The number of nitrogen functional groups attached to an aromatic ring is 1. The maximum absolute atomic E-state index is 13.5. The van der Waals surface area contributed by atoms with E-state index in [0.717, 1.165) is 0 Å². The van der Waals surface area contributed by atoms with Gasteiger partial charge < -0.3 is 37.0 Å². The summed E-state index contributed by atoms with van der Waals surface area (Å²) < 4.78 is 0. The number of phenols is 1. The lowest BCUT2D eigenvalue weighted by molar-refractivity contribution is -0.162. The second-order valence-corrected chi connectivity index (χ2v) is 9.47. The van der Waals surface area contributed by atoms with Crippen molar-refractivity contribution in [3.05, 3.63) is 45.4 Å². The zero-order valence-electron chi connectivity index (χ0n) is 19.0. The van der Waals surface area contributed by atoms with Crippen LogP contribution >= 0.6 is 0 Å². The number of likely N-dealkylation sites (N-methyl/N-ethyl adjacent to an activating group) is 1. The van der Waals surface area contributed by atoms with E-state index in [1.54, 1.807) is 13.8 Å². The summed E-state index contributed by atoms with van der Waals surface area (Å²) in [4.78, 5) is 40.1. The van der Waals surface area contributed by atoms with Crippen molar-refractivity contribution in [1.29, 1.82) is 0 Å². The minimum Gasteiger partial charge on any atom is -0.510 e. The molecule has 9 N–H and O–H groups in total. The molecular formula is C23H27N3O8. The van der Waals surface area contributed by atoms with Crippen molar-refractivity contribution < 1.29 is 39.9 Å². The van der Waals surface area contributed by atoms with Gasteiger partial charge in [-0.2, -0.15) is 0 Å². The topological polar surface area (TPSA) is 208 Å². The van der Waals surface area contributed by atoms with Gasteiger partial charge in [-0.1, -0.05) is 6.92 Å². The quantitative estimate of drug-likeness (QED) is 0.167. The molecule has 11 heteroatoms. The Morgan fingerprint density at radius 1 is 1.18 bits per heavy atom. The highest BCUT2D eigenvalue weighted by Crippen LogP contribution is 2.56. The molecule has 0 spiro atoms. The molecule has 3 aliphatic carbocycles. The highest BCUT2D eigenvalue weighted by molar-refractivity contribution is 6.25. The van der Waals surface area contributed by atoms with Gasteiger partial charge >= 0.3 is 0 Å². The van der Waals surface area contributed by atoms with Crippen LogP contribution in [0.15, 0.2) is 28.7 Å². The summed E-state index contributed by atoms with van der Waals surface area (Å²) in [5, 5.41) is 55.6. The Bertz CT molecular complexity index is 1230. The Hall–Kier alpha value is -3.41. The number of hydrogen-bond donors (Lipinski definition) is 7. The molecule has 0 aliphatic heterocycles. The first-order valence-electron chi connectivity index (χ1n) is 10.6. The molecule has 1 aromatic rings. The first-order chi connectivity index (χ1) is 15.7. The lowest BCUT2D eigenvalue weighted by Crippen LogP contribution is -2.68. The van der Waals surface area contributed by atoms with Crippen molar-refractivity contribution >= 4 is 23.2 Å². The van der Waals surface area contributed by atoms with Gasteiger partial charge in [0.05, 0.1) is 23.6 Å². The summed E-state index contributed by atoms with van der Waals surface area (Å²) in [5.74, 6) is -9.36. The van der Waals surface area contributed by atoms with Crippen LogP contribution in [0.4, 0.5) is 5.69 Å². The first-order valence-corrected chi connectivity index (χ1v) is 10.6. The Morgan fingerprint density at radius 3 is 2.29 bits per heavy atom. The number of nitrogens with two attached hydrogens (primary N) is 2. The van der Waals surface area contributed by atoms with Crippen LogP contribution < -0.4 is 11.5 Å². The number of benzene rings is 1. The number of aliphatic hydroxyl groups is 4. The van der Waals surface area contributed by atoms with Gasteiger partial charge in [-0.15, -0.1) is 0 Å². The summed E-state index contributed by atoms with van der Waals surface area (Å²) in [6.45, 7) is 3.27. The second kappa shape index (κ2) is 7.29. The SMILES string of the molecule is Cc1cc(O)c2c(c1N)[C@H](C)C1C(=C(O)[C@]3(O)C(=O)C(C(N)=O)=C(O)[C@@H](N(C)C)C3[C@H]1O)C2=O. The highest BCUT2D eigenvalue weighted by Gasteiger charge is 2.67. The molecule has 0 saturated carbocycles. The van der Waals surface area contributed by atoms with E-state index in [-0.39, 0.29) is 16.8 Å². The molecular weight excluding hydrogens is 446 g/mol. The normalized spacial score (nSPS) is 33.1. The van der Waals surface area contributed by atoms with Gasteiger partial charge in [0.15, 0.2) is 11.4 Å². The molecule has 1 aromatic carbocycles. The zero-order valence-corrected chi connectivity index (χ0v) is 19.0. The lowest BCUT2D eigenvalue weighted by Gasteiger charge is -2.53. The smallest absolute Gasteiger partial charge is 0.255 e. The molecule has 11 nitrogen and oxygen atoms in total. The number of hydrogen-bond acceptors (Lipinski definition) is 10. The summed E-state index contributed by atoms with van der Waals surface area (Å²) in [6, 6.07) is -0.0244. The third-order valence-corrected chi connectivity index (χ3v) is 7.48. The van der Waals surface area contributed by atoms with Gasteiger partial charge in [0.1, 0.15) is 22.8 Å². The molecule has 1 amide bonds. The molecule has 0 radical (unpaired) electrons. The standard InChI is InChI=1S/C23H27N3O8/c1-6-5-8(27)11-9(15(6)24)7(2)10-12(17(11)28)20(31)23(34)14(18(10)29)16(26(3)4)19(30)13(21(23)32)22(25)33/h5,7,10,14,16,18,27,29-31,34H,24H2,1-4H3,(H2,25,33)/t7-,10?,14?,16-,18-,23-/m0/s1. The van der Waals surface area contributed by atoms with Crippen LogP contribution in [0.3, 0.4) is 0 Å². The molecule has 0 heterocycles. The van der Waals surface area contributed by atoms with Gasteiger partial charge in [0.25, 0.3) is 5.91 Å². The number of aromatic hydroxyl groups is 1. The second-order valence-electron chi connectivity index (χ2n) is 9.47. The van der Waals surface area contributed by atoms with Crippen LogP contribution in [0, 0.1) is 18.8 Å². The Morgan fingerprint density at radius 2 is 1.76 bits per heavy atom. The number of amides is 1. The summed E-state index contributed by atoms with van der Waals surface area (Å²) >= 11 is 0. The van der Waals surface area contributed by atoms with Gasteiger partial charge in [0, 0.05) is 17.2 Å². The van der Waals surface area contributed by atoms with Crippen molar-refractivity contribution in [2.75, 3.05) is 19.8 Å². The number of nitrogens with zero attached hydrogens (tertiary/aromatic N) is 1. The van der Waals surface area contributed by atoms with Crippen LogP contribution in [0.1, 0.15) is 34.3 Å². The van der Waals surface area contributed by atoms with Crippen LogP contribution in [-0.2, 0) is 9.59 Å². The van der Waals surface area contributed by atoms with E-state index < -0.39 is 81.4 Å². The molecule has 0 bridgehead atoms. The number of aliphatic hydroxyl groups excluding tert-OH is 3. The van der Waals surface area contributed by atoms with E-state index in [1.165, 1.54) is 25.1 Å². The Labute approximate surface area is 194 Å². The van der Waals surface area contributed by atoms with Gasteiger partial charge in [-0.05, 0) is 44.1 Å². The van der Waals surface area contributed by atoms with Crippen LogP contribution in [0.25, 0.3) is 0 Å². The van der Waals surface area contributed by atoms with Crippen LogP contribution in [0.5, 0.6) is 5.75 Å². The van der Waals surface area contributed by atoms with Crippen molar-refractivity contribution in [2.45, 2.75) is 37.5 Å². The molecule has 3 aliphatic rings. The average Bonchev–Trinajstić information content (AvgIpc) is 2.73. The number of rotatable bonds is 2. The fraction of sp³-hybridized carbons (Fsp3) is 0.435. The Balaban J connectivity index is 2.08. The molecule has 0 fully saturated rings. The molecule has 0 saturated heterocycles.